The van der Waals surface area contributed by atoms with Crippen LogP contribution in [0.3, 0.4) is 0 Å². The van der Waals surface area contributed by atoms with Crippen LogP contribution in [0.25, 0.3) is 0 Å². The molecule has 2 aliphatic rings. The highest BCUT2D eigenvalue weighted by Crippen LogP contribution is 2.39. The van der Waals surface area contributed by atoms with Crippen LogP contribution >= 0.6 is 0 Å². The molecule has 0 radical (unpaired) electrons. The first-order valence-electron chi connectivity index (χ1n) is 8.54. The quantitative estimate of drug-likeness (QED) is 0.869. The summed E-state index contributed by atoms with van der Waals surface area (Å²) in [5.41, 5.74) is 0.446. The molecule has 0 bridgehead atoms. The number of rotatable bonds is 3. The average Bonchev–Trinajstić information content (AvgIpc) is 2.63. The summed E-state index contributed by atoms with van der Waals surface area (Å²) in [6, 6.07) is 0.730. The number of aliphatic carboxylic acids is 1. The van der Waals surface area contributed by atoms with E-state index in [0.29, 0.717) is 5.41 Å². The lowest BCUT2D eigenvalue weighted by atomic mass is 9.71. The molecule has 1 saturated heterocycles. The molecule has 1 heterocycles. The molecule has 0 atom stereocenters. The van der Waals surface area contributed by atoms with Crippen molar-refractivity contribution in [1.29, 1.82) is 0 Å². The monoisotopic (exact) mass is 296 g/mol. The van der Waals surface area contributed by atoms with Crippen LogP contribution in [0.15, 0.2) is 0 Å². The molecule has 0 aromatic carbocycles. The predicted molar refractivity (Wildman–Crippen MR) is 85.5 cm³/mol. The third-order valence-electron chi connectivity index (χ3n) is 5.42. The number of carboxylic acid groups (broad SMARTS) is 1. The van der Waals surface area contributed by atoms with E-state index >= 15 is 0 Å². The van der Waals surface area contributed by atoms with Crippen molar-refractivity contribution < 1.29 is 9.90 Å². The zero-order valence-electron chi connectivity index (χ0n) is 14.0. The molecule has 1 N–H and O–H groups in total. The average molecular weight is 296 g/mol. The summed E-state index contributed by atoms with van der Waals surface area (Å²) in [6.45, 7) is 11.3. The minimum atomic E-state index is -0.700. The SMILES string of the molecule is CC(C)(C)C1CCC(N2CCCN(CC(=O)O)CC2)CC1. The van der Waals surface area contributed by atoms with E-state index in [9.17, 15) is 4.79 Å². The Labute approximate surface area is 129 Å². The summed E-state index contributed by atoms with van der Waals surface area (Å²) in [4.78, 5) is 15.5. The van der Waals surface area contributed by atoms with Gasteiger partial charge in [-0.15, -0.1) is 0 Å². The summed E-state index contributed by atoms with van der Waals surface area (Å²) >= 11 is 0. The van der Waals surface area contributed by atoms with E-state index in [-0.39, 0.29) is 6.54 Å². The molecule has 1 aliphatic heterocycles. The van der Waals surface area contributed by atoms with Crippen LogP contribution in [0, 0.1) is 11.3 Å². The lowest BCUT2D eigenvalue weighted by Gasteiger charge is -2.41. The van der Waals surface area contributed by atoms with Crippen molar-refractivity contribution in [1.82, 2.24) is 9.80 Å². The highest BCUT2D eigenvalue weighted by molar-refractivity contribution is 5.69. The maximum absolute atomic E-state index is 10.8. The van der Waals surface area contributed by atoms with Gasteiger partial charge in [0.25, 0.3) is 0 Å². The number of hydrogen-bond donors (Lipinski definition) is 1. The second kappa shape index (κ2) is 7.10. The van der Waals surface area contributed by atoms with Gasteiger partial charge in [0.05, 0.1) is 6.54 Å². The molecule has 1 aliphatic carbocycles. The third kappa shape index (κ3) is 4.96. The van der Waals surface area contributed by atoms with Crippen molar-refractivity contribution in [2.45, 2.75) is 58.9 Å². The molecule has 1 saturated carbocycles. The Bertz CT molecular complexity index is 343. The van der Waals surface area contributed by atoms with Gasteiger partial charge >= 0.3 is 5.97 Å². The van der Waals surface area contributed by atoms with E-state index in [1.165, 1.54) is 25.7 Å². The lowest BCUT2D eigenvalue weighted by Crippen LogP contribution is -2.42. The first-order chi connectivity index (χ1) is 9.86. The molecule has 0 aromatic heterocycles. The van der Waals surface area contributed by atoms with E-state index < -0.39 is 5.97 Å². The minimum absolute atomic E-state index is 0.199. The molecule has 0 spiro atoms. The Kier molecular flexibility index (Phi) is 5.67. The normalized spacial score (nSPS) is 30.0. The van der Waals surface area contributed by atoms with Crippen molar-refractivity contribution >= 4 is 5.97 Å². The summed E-state index contributed by atoms with van der Waals surface area (Å²) in [6.07, 6.45) is 6.45. The summed E-state index contributed by atoms with van der Waals surface area (Å²) in [5, 5.41) is 8.92. The second-order valence-electron chi connectivity index (χ2n) is 7.93. The van der Waals surface area contributed by atoms with Gasteiger partial charge in [-0.1, -0.05) is 20.8 Å². The Balaban J connectivity index is 1.80. The Morgan fingerprint density at radius 2 is 1.71 bits per heavy atom. The molecule has 0 unspecified atom stereocenters. The van der Waals surface area contributed by atoms with Gasteiger partial charge in [-0.25, -0.2) is 0 Å². The number of hydrogen-bond acceptors (Lipinski definition) is 3. The molecular weight excluding hydrogens is 264 g/mol. The van der Waals surface area contributed by atoms with Crippen molar-refractivity contribution in [3.8, 4) is 0 Å². The molecule has 0 aromatic rings. The topological polar surface area (TPSA) is 43.8 Å². The van der Waals surface area contributed by atoms with Crippen molar-refractivity contribution in [2.24, 2.45) is 11.3 Å². The van der Waals surface area contributed by atoms with Gasteiger partial charge in [0.2, 0.25) is 0 Å². The van der Waals surface area contributed by atoms with E-state index in [1.54, 1.807) is 0 Å². The zero-order valence-corrected chi connectivity index (χ0v) is 14.0. The third-order valence-corrected chi connectivity index (χ3v) is 5.42. The van der Waals surface area contributed by atoms with Crippen LogP contribution in [0.4, 0.5) is 0 Å². The molecule has 0 amide bonds. The molecular formula is C17H32N2O2. The second-order valence-corrected chi connectivity index (χ2v) is 7.93. The van der Waals surface area contributed by atoms with Gasteiger partial charge in [0, 0.05) is 25.7 Å². The molecule has 4 heteroatoms. The fourth-order valence-corrected chi connectivity index (χ4v) is 4.01. The minimum Gasteiger partial charge on any atom is -0.480 e. The first-order valence-corrected chi connectivity index (χ1v) is 8.54. The van der Waals surface area contributed by atoms with E-state index in [2.05, 4.69) is 30.6 Å². The fourth-order valence-electron chi connectivity index (χ4n) is 4.01. The molecule has 122 valence electrons. The zero-order chi connectivity index (χ0) is 15.5. The highest BCUT2D eigenvalue weighted by atomic mass is 16.4. The van der Waals surface area contributed by atoms with E-state index in [4.69, 9.17) is 5.11 Å². The van der Waals surface area contributed by atoms with Crippen LogP contribution < -0.4 is 0 Å². The van der Waals surface area contributed by atoms with Crippen molar-refractivity contribution in [3.05, 3.63) is 0 Å². The molecule has 2 fully saturated rings. The van der Waals surface area contributed by atoms with Gasteiger partial charge in [-0.3, -0.25) is 14.6 Å². The van der Waals surface area contributed by atoms with Crippen LogP contribution in [0.5, 0.6) is 0 Å². The number of carbonyl (C=O) groups is 1. The maximum Gasteiger partial charge on any atom is 0.317 e. The lowest BCUT2D eigenvalue weighted by molar-refractivity contribution is -0.138. The highest BCUT2D eigenvalue weighted by Gasteiger charge is 2.32. The summed E-state index contributed by atoms with van der Waals surface area (Å²) < 4.78 is 0. The van der Waals surface area contributed by atoms with Crippen molar-refractivity contribution in [2.75, 3.05) is 32.7 Å². The maximum atomic E-state index is 10.8. The Hall–Kier alpha value is -0.610. The molecule has 21 heavy (non-hydrogen) atoms. The smallest absolute Gasteiger partial charge is 0.317 e. The predicted octanol–water partition coefficient (Wildman–Crippen LogP) is 2.68. The van der Waals surface area contributed by atoms with Gasteiger partial charge in [0.1, 0.15) is 0 Å². The van der Waals surface area contributed by atoms with Crippen LogP contribution in [-0.2, 0) is 4.79 Å². The molecule has 2 rings (SSSR count). The first kappa shape index (κ1) is 16.8. The van der Waals surface area contributed by atoms with Crippen molar-refractivity contribution in [3.63, 3.8) is 0 Å². The molecule has 4 nitrogen and oxygen atoms in total. The van der Waals surface area contributed by atoms with Crippen LogP contribution in [0.2, 0.25) is 0 Å². The van der Waals surface area contributed by atoms with Crippen LogP contribution in [0.1, 0.15) is 52.9 Å². The van der Waals surface area contributed by atoms with Gasteiger partial charge in [-0.05, 0) is 50.0 Å². The van der Waals surface area contributed by atoms with Gasteiger partial charge in [0.15, 0.2) is 0 Å². The summed E-state index contributed by atoms with van der Waals surface area (Å²) in [5.74, 6) is 0.165. The Morgan fingerprint density at radius 3 is 2.29 bits per heavy atom. The largest absolute Gasteiger partial charge is 0.480 e. The van der Waals surface area contributed by atoms with E-state index in [0.717, 1.165) is 44.6 Å². The summed E-state index contributed by atoms with van der Waals surface area (Å²) in [7, 11) is 0. The number of carboxylic acids is 1. The van der Waals surface area contributed by atoms with Gasteiger partial charge in [-0.2, -0.15) is 0 Å². The number of nitrogens with zero attached hydrogens (tertiary/aromatic N) is 2. The van der Waals surface area contributed by atoms with E-state index in [1.807, 2.05) is 0 Å². The Morgan fingerprint density at radius 1 is 1.05 bits per heavy atom. The standard InChI is InChI=1S/C17H32N2O2/c1-17(2,3)14-5-7-15(8-6-14)19-10-4-9-18(11-12-19)13-16(20)21/h14-15H,4-13H2,1-3H3,(H,20,21). The fraction of sp³-hybridized carbons (Fsp3) is 0.941. The van der Waals surface area contributed by atoms with Gasteiger partial charge < -0.3 is 5.11 Å². The van der Waals surface area contributed by atoms with Crippen LogP contribution in [-0.4, -0.2) is 59.6 Å².